The molecule has 13 heavy (non-hydrogen) atoms. The average molecular weight is 185 g/mol. The van der Waals surface area contributed by atoms with E-state index in [1.807, 2.05) is 0 Å². The molecule has 0 radical (unpaired) electrons. The van der Waals surface area contributed by atoms with E-state index < -0.39 is 5.60 Å². The van der Waals surface area contributed by atoms with Crippen LogP contribution in [-0.2, 0) is 9.53 Å². The fraction of sp³-hybridized carbons (Fsp3) is 0.889. The molecule has 2 fully saturated rings. The van der Waals surface area contributed by atoms with Gasteiger partial charge in [0, 0.05) is 26.0 Å². The molecule has 2 heterocycles. The highest BCUT2D eigenvalue weighted by atomic mass is 16.5. The van der Waals surface area contributed by atoms with E-state index in [0.717, 1.165) is 19.6 Å². The average Bonchev–Trinajstić information content (AvgIpc) is 2.58. The SMILES string of the molecule is CC(=O)N1CC2CCOC2(CO)C1. The monoisotopic (exact) mass is 185 g/mol. The van der Waals surface area contributed by atoms with Crippen LogP contribution in [0.1, 0.15) is 13.3 Å². The number of amides is 1. The van der Waals surface area contributed by atoms with Crippen molar-refractivity contribution in [2.45, 2.75) is 18.9 Å². The number of hydrogen-bond donors (Lipinski definition) is 1. The van der Waals surface area contributed by atoms with Gasteiger partial charge in [0.05, 0.1) is 13.2 Å². The maximum Gasteiger partial charge on any atom is 0.219 e. The van der Waals surface area contributed by atoms with E-state index in [1.165, 1.54) is 0 Å². The molecule has 0 aromatic rings. The lowest BCUT2D eigenvalue weighted by molar-refractivity contribution is -0.129. The van der Waals surface area contributed by atoms with Crippen LogP contribution in [0.2, 0.25) is 0 Å². The van der Waals surface area contributed by atoms with Crippen molar-refractivity contribution in [3.05, 3.63) is 0 Å². The lowest BCUT2D eigenvalue weighted by Gasteiger charge is -2.24. The molecule has 0 aliphatic carbocycles. The van der Waals surface area contributed by atoms with E-state index in [1.54, 1.807) is 11.8 Å². The number of carbonyl (C=O) groups is 1. The highest BCUT2D eigenvalue weighted by Gasteiger charge is 2.51. The lowest BCUT2D eigenvalue weighted by atomic mass is 9.92. The van der Waals surface area contributed by atoms with Crippen molar-refractivity contribution in [1.82, 2.24) is 4.90 Å². The lowest BCUT2D eigenvalue weighted by Crippen LogP contribution is -2.41. The number of carbonyl (C=O) groups excluding carboxylic acids is 1. The molecular weight excluding hydrogens is 170 g/mol. The normalized spacial score (nSPS) is 38.0. The molecule has 1 amide bonds. The highest BCUT2D eigenvalue weighted by Crippen LogP contribution is 2.38. The Hall–Kier alpha value is -0.610. The van der Waals surface area contributed by atoms with Crippen LogP contribution in [0, 0.1) is 5.92 Å². The Labute approximate surface area is 77.5 Å². The van der Waals surface area contributed by atoms with Crippen LogP contribution in [0.5, 0.6) is 0 Å². The van der Waals surface area contributed by atoms with Gasteiger partial charge in [-0.25, -0.2) is 0 Å². The van der Waals surface area contributed by atoms with E-state index in [-0.39, 0.29) is 12.5 Å². The maximum absolute atomic E-state index is 11.1. The second-order valence-electron chi connectivity index (χ2n) is 3.96. The third kappa shape index (κ3) is 1.25. The Morgan fingerprint density at radius 2 is 2.54 bits per heavy atom. The van der Waals surface area contributed by atoms with Gasteiger partial charge in [0.1, 0.15) is 5.60 Å². The van der Waals surface area contributed by atoms with Gasteiger partial charge in [0.25, 0.3) is 0 Å². The number of nitrogens with zero attached hydrogens (tertiary/aromatic N) is 1. The minimum absolute atomic E-state index is 0.0292. The van der Waals surface area contributed by atoms with Crippen LogP contribution in [0.15, 0.2) is 0 Å². The van der Waals surface area contributed by atoms with E-state index in [4.69, 9.17) is 4.74 Å². The van der Waals surface area contributed by atoms with E-state index in [9.17, 15) is 9.90 Å². The summed E-state index contributed by atoms with van der Waals surface area (Å²) in [4.78, 5) is 12.9. The van der Waals surface area contributed by atoms with Gasteiger partial charge in [-0.05, 0) is 6.42 Å². The summed E-state index contributed by atoms with van der Waals surface area (Å²) in [5.74, 6) is 0.409. The first-order valence-electron chi connectivity index (χ1n) is 4.68. The van der Waals surface area contributed by atoms with Crippen LogP contribution in [0.3, 0.4) is 0 Å². The minimum Gasteiger partial charge on any atom is -0.393 e. The molecule has 2 aliphatic rings. The van der Waals surface area contributed by atoms with E-state index in [0.29, 0.717) is 12.5 Å². The number of aliphatic hydroxyl groups is 1. The van der Waals surface area contributed by atoms with Gasteiger partial charge >= 0.3 is 0 Å². The third-order valence-corrected chi connectivity index (χ3v) is 3.21. The number of likely N-dealkylation sites (tertiary alicyclic amines) is 1. The summed E-state index contributed by atoms with van der Waals surface area (Å²) in [6, 6.07) is 0. The van der Waals surface area contributed by atoms with Gasteiger partial charge < -0.3 is 14.7 Å². The summed E-state index contributed by atoms with van der Waals surface area (Å²) >= 11 is 0. The summed E-state index contributed by atoms with van der Waals surface area (Å²) in [6.45, 7) is 3.62. The Balaban J connectivity index is 2.13. The van der Waals surface area contributed by atoms with Crippen LogP contribution >= 0.6 is 0 Å². The molecule has 0 aromatic carbocycles. The van der Waals surface area contributed by atoms with E-state index in [2.05, 4.69) is 0 Å². The van der Waals surface area contributed by atoms with Gasteiger partial charge in [0.15, 0.2) is 0 Å². The van der Waals surface area contributed by atoms with Crippen molar-refractivity contribution in [2.75, 3.05) is 26.3 Å². The van der Waals surface area contributed by atoms with Gasteiger partial charge in [-0.1, -0.05) is 0 Å². The molecule has 2 saturated heterocycles. The number of hydrogen-bond acceptors (Lipinski definition) is 3. The second-order valence-corrected chi connectivity index (χ2v) is 3.96. The zero-order valence-electron chi connectivity index (χ0n) is 7.82. The van der Waals surface area contributed by atoms with Crippen molar-refractivity contribution < 1.29 is 14.6 Å². The van der Waals surface area contributed by atoms with Crippen LogP contribution < -0.4 is 0 Å². The Morgan fingerprint density at radius 3 is 3.08 bits per heavy atom. The van der Waals surface area contributed by atoms with Gasteiger partial charge in [0.2, 0.25) is 5.91 Å². The highest BCUT2D eigenvalue weighted by molar-refractivity contribution is 5.73. The predicted molar refractivity (Wildman–Crippen MR) is 46.1 cm³/mol. The Morgan fingerprint density at radius 1 is 1.77 bits per heavy atom. The fourth-order valence-electron chi connectivity index (χ4n) is 2.34. The zero-order valence-corrected chi connectivity index (χ0v) is 7.82. The smallest absolute Gasteiger partial charge is 0.219 e. The first-order chi connectivity index (χ1) is 6.18. The van der Waals surface area contributed by atoms with Crippen LogP contribution in [0.4, 0.5) is 0 Å². The van der Waals surface area contributed by atoms with Crippen molar-refractivity contribution in [1.29, 1.82) is 0 Å². The van der Waals surface area contributed by atoms with Gasteiger partial charge in [-0.15, -0.1) is 0 Å². The molecule has 4 nitrogen and oxygen atoms in total. The molecule has 2 aliphatic heterocycles. The molecule has 2 atom stereocenters. The van der Waals surface area contributed by atoms with E-state index >= 15 is 0 Å². The molecule has 1 N–H and O–H groups in total. The topological polar surface area (TPSA) is 49.8 Å². The summed E-state index contributed by atoms with van der Waals surface area (Å²) < 4.78 is 5.55. The van der Waals surface area contributed by atoms with Crippen LogP contribution in [0.25, 0.3) is 0 Å². The minimum atomic E-state index is -0.439. The first kappa shape index (κ1) is 8.97. The molecular formula is C9H15NO3. The first-order valence-corrected chi connectivity index (χ1v) is 4.68. The number of fused-ring (bicyclic) bond motifs is 1. The molecule has 0 aromatic heterocycles. The zero-order chi connectivity index (χ0) is 9.47. The number of ether oxygens (including phenoxy) is 1. The molecule has 0 spiro atoms. The molecule has 2 unspecified atom stereocenters. The van der Waals surface area contributed by atoms with Crippen molar-refractivity contribution >= 4 is 5.91 Å². The second kappa shape index (κ2) is 2.96. The van der Waals surface area contributed by atoms with Gasteiger partial charge in [-0.3, -0.25) is 4.79 Å². The van der Waals surface area contributed by atoms with Crippen LogP contribution in [-0.4, -0.2) is 47.8 Å². The number of aliphatic hydroxyl groups excluding tert-OH is 1. The molecule has 0 bridgehead atoms. The fourth-order valence-corrected chi connectivity index (χ4v) is 2.34. The van der Waals surface area contributed by atoms with Crippen molar-refractivity contribution in [2.24, 2.45) is 5.92 Å². The Kier molecular flexibility index (Phi) is 2.04. The summed E-state index contributed by atoms with van der Waals surface area (Å²) in [5.41, 5.74) is -0.439. The number of rotatable bonds is 1. The largest absolute Gasteiger partial charge is 0.393 e. The molecule has 4 heteroatoms. The quantitative estimate of drug-likeness (QED) is 0.605. The standard InChI is InChI=1S/C9H15NO3/c1-7(12)10-4-8-2-3-13-9(8,5-10)6-11/h8,11H,2-6H2,1H3. The Bertz CT molecular complexity index is 231. The molecule has 0 saturated carbocycles. The van der Waals surface area contributed by atoms with Gasteiger partial charge in [-0.2, -0.15) is 0 Å². The van der Waals surface area contributed by atoms with Crippen molar-refractivity contribution in [3.63, 3.8) is 0 Å². The summed E-state index contributed by atoms with van der Waals surface area (Å²) in [5, 5.41) is 9.26. The predicted octanol–water partition coefficient (Wildman–Crippen LogP) is -0.384. The molecule has 74 valence electrons. The van der Waals surface area contributed by atoms with Crippen molar-refractivity contribution in [3.8, 4) is 0 Å². The molecule has 2 rings (SSSR count). The maximum atomic E-state index is 11.1. The summed E-state index contributed by atoms with van der Waals surface area (Å²) in [7, 11) is 0. The summed E-state index contributed by atoms with van der Waals surface area (Å²) in [6.07, 6.45) is 0.963. The third-order valence-electron chi connectivity index (χ3n) is 3.21.